The van der Waals surface area contributed by atoms with E-state index in [4.69, 9.17) is 34.0 Å². The van der Waals surface area contributed by atoms with Crippen LogP contribution in [0.15, 0.2) is 30.5 Å². The molecule has 0 aliphatic rings. The molecule has 0 spiro atoms. The Morgan fingerprint density at radius 2 is 1.94 bits per heavy atom. The molecular formula is C12H10Cl2N2O. The van der Waals surface area contributed by atoms with Gasteiger partial charge in [0.25, 0.3) is 0 Å². The lowest BCUT2D eigenvalue weighted by molar-refractivity contribution is 0.281. The molecule has 2 aromatic rings. The third-order valence-electron chi connectivity index (χ3n) is 2.39. The number of halogens is 2. The molecule has 2 rings (SSSR count). The third-order valence-corrected chi connectivity index (χ3v) is 3.13. The molecule has 1 aromatic carbocycles. The minimum atomic E-state index is -0.0817. The number of aliphatic hydroxyl groups excluding tert-OH is 1. The molecule has 1 heterocycles. The average Bonchev–Trinajstić information content (AvgIpc) is 2.33. The second kappa shape index (κ2) is 4.92. The second-order valence-corrected chi connectivity index (χ2v) is 4.38. The number of aromatic nitrogens is 1. The number of hydrogen-bond donors (Lipinski definition) is 2. The summed E-state index contributed by atoms with van der Waals surface area (Å²) in [4.78, 5) is 4.02. The predicted octanol–water partition coefficient (Wildman–Crippen LogP) is 3.13. The van der Waals surface area contributed by atoms with E-state index < -0.39 is 0 Å². The van der Waals surface area contributed by atoms with E-state index in [0.717, 1.165) is 11.1 Å². The van der Waals surface area contributed by atoms with Crippen LogP contribution < -0.4 is 5.73 Å². The topological polar surface area (TPSA) is 59.1 Å². The van der Waals surface area contributed by atoms with Gasteiger partial charge in [-0.1, -0.05) is 29.3 Å². The van der Waals surface area contributed by atoms with Crippen molar-refractivity contribution < 1.29 is 5.11 Å². The van der Waals surface area contributed by atoms with E-state index >= 15 is 0 Å². The molecule has 0 bridgehead atoms. The van der Waals surface area contributed by atoms with Crippen molar-refractivity contribution in [2.45, 2.75) is 6.61 Å². The van der Waals surface area contributed by atoms with Gasteiger partial charge in [0.2, 0.25) is 0 Å². The fourth-order valence-electron chi connectivity index (χ4n) is 1.50. The summed E-state index contributed by atoms with van der Waals surface area (Å²) in [7, 11) is 0. The minimum absolute atomic E-state index is 0.0817. The highest BCUT2D eigenvalue weighted by Crippen LogP contribution is 2.31. The van der Waals surface area contributed by atoms with Crippen molar-refractivity contribution in [3.8, 4) is 11.1 Å². The van der Waals surface area contributed by atoms with Crippen LogP contribution in [0.5, 0.6) is 0 Å². The summed E-state index contributed by atoms with van der Waals surface area (Å²) in [5, 5.41) is 10.0. The van der Waals surface area contributed by atoms with Gasteiger partial charge < -0.3 is 10.8 Å². The maximum atomic E-state index is 9.07. The first kappa shape index (κ1) is 12.2. The van der Waals surface area contributed by atoms with Crippen molar-refractivity contribution in [1.29, 1.82) is 0 Å². The normalized spacial score (nSPS) is 10.5. The summed E-state index contributed by atoms with van der Waals surface area (Å²) in [5.74, 6) is 0.389. The maximum absolute atomic E-state index is 9.07. The van der Waals surface area contributed by atoms with Gasteiger partial charge in [0.1, 0.15) is 5.82 Å². The van der Waals surface area contributed by atoms with Gasteiger partial charge in [0.15, 0.2) is 0 Å². The number of benzene rings is 1. The van der Waals surface area contributed by atoms with Crippen LogP contribution in [0.25, 0.3) is 11.1 Å². The molecule has 5 heteroatoms. The van der Waals surface area contributed by atoms with Gasteiger partial charge in [-0.05, 0) is 29.3 Å². The third kappa shape index (κ3) is 2.52. The minimum Gasteiger partial charge on any atom is -0.392 e. The van der Waals surface area contributed by atoms with Crippen LogP contribution >= 0.6 is 23.2 Å². The number of nitrogens with two attached hydrogens (primary N) is 1. The lowest BCUT2D eigenvalue weighted by atomic mass is 10.1. The van der Waals surface area contributed by atoms with E-state index in [9.17, 15) is 0 Å². The first-order valence-corrected chi connectivity index (χ1v) is 5.68. The van der Waals surface area contributed by atoms with E-state index in [1.807, 2.05) is 6.07 Å². The number of nitrogens with zero attached hydrogens (tertiary/aromatic N) is 1. The number of pyridine rings is 1. The Labute approximate surface area is 109 Å². The van der Waals surface area contributed by atoms with Crippen molar-refractivity contribution in [2.24, 2.45) is 0 Å². The van der Waals surface area contributed by atoms with Gasteiger partial charge in [0.05, 0.1) is 16.7 Å². The van der Waals surface area contributed by atoms with Gasteiger partial charge in [-0.15, -0.1) is 0 Å². The molecule has 0 atom stereocenters. The number of nitrogen functional groups attached to an aromatic ring is 1. The van der Waals surface area contributed by atoms with E-state index in [1.54, 1.807) is 18.2 Å². The fourth-order valence-corrected chi connectivity index (χ4v) is 1.80. The van der Waals surface area contributed by atoms with Crippen molar-refractivity contribution >= 4 is 29.0 Å². The lowest BCUT2D eigenvalue weighted by Gasteiger charge is -2.08. The van der Waals surface area contributed by atoms with Crippen LogP contribution in [0.1, 0.15) is 5.56 Å². The smallest absolute Gasteiger partial charge is 0.131 e. The fraction of sp³-hybridized carbons (Fsp3) is 0.0833. The molecule has 0 saturated heterocycles. The van der Waals surface area contributed by atoms with Gasteiger partial charge in [-0.2, -0.15) is 0 Å². The van der Waals surface area contributed by atoms with Crippen molar-refractivity contribution in [3.63, 3.8) is 0 Å². The molecule has 0 aliphatic carbocycles. The van der Waals surface area contributed by atoms with E-state index in [2.05, 4.69) is 4.98 Å². The molecule has 0 amide bonds. The molecule has 0 unspecified atom stereocenters. The van der Waals surface area contributed by atoms with Crippen LogP contribution in [-0.4, -0.2) is 10.1 Å². The molecule has 17 heavy (non-hydrogen) atoms. The number of anilines is 1. The molecule has 0 saturated carbocycles. The summed E-state index contributed by atoms with van der Waals surface area (Å²) >= 11 is 11.8. The lowest BCUT2D eigenvalue weighted by Crippen LogP contribution is -1.96. The van der Waals surface area contributed by atoms with Crippen LogP contribution in [0.2, 0.25) is 10.0 Å². The number of hydrogen-bond acceptors (Lipinski definition) is 3. The highest BCUT2D eigenvalue weighted by molar-refractivity contribution is 6.42. The van der Waals surface area contributed by atoms with Crippen LogP contribution in [0, 0.1) is 0 Å². The zero-order valence-corrected chi connectivity index (χ0v) is 10.3. The Kier molecular flexibility index (Phi) is 3.52. The molecule has 0 fully saturated rings. The van der Waals surface area contributed by atoms with Crippen molar-refractivity contribution in [1.82, 2.24) is 4.98 Å². The molecule has 88 valence electrons. The summed E-state index contributed by atoms with van der Waals surface area (Å²) in [6, 6.07) is 7.01. The number of aliphatic hydroxyl groups is 1. The van der Waals surface area contributed by atoms with E-state index in [0.29, 0.717) is 21.4 Å². The van der Waals surface area contributed by atoms with Crippen LogP contribution in [0.4, 0.5) is 5.82 Å². The Balaban J connectivity index is 2.55. The monoisotopic (exact) mass is 268 g/mol. The van der Waals surface area contributed by atoms with Crippen LogP contribution in [-0.2, 0) is 6.61 Å². The summed E-state index contributed by atoms with van der Waals surface area (Å²) in [6.07, 6.45) is 1.54. The first-order valence-electron chi connectivity index (χ1n) is 4.92. The zero-order valence-electron chi connectivity index (χ0n) is 8.82. The highest BCUT2D eigenvalue weighted by Gasteiger charge is 2.07. The molecular weight excluding hydrogens is 259 g/mol. The quantitative estimate of drug-likeness (QED) is 0.880. The van der Waals surface area contributed by atoms with Gasteiger partial charge in [0, 0.05) is 11.8 Å². The molecule has 3 nitrogen and oxygen atoms in total. The summed E-state index contributed by atoms with van der Waals surface area (Å²) < 4.78 is 0. The van der Waals surface area contributed by atoms with Gasteiger partial charge >= 0.3 is 0 Å². The summed E-state index contributed by atoms with van der Waals surface area (Å²) in [6.45, 7) is -0.0817. The molecule has 1 aromatic heterocycles. The average molecular weight is 269 g/mol. The Hall–Kier alpha value is -1.29. The van der Waals surface area contributed by atoms with E-state index in [-0.39, 0.29) is 6.61 Å². The Morgan fingerprint density at radius 1 is 1.18 bits per heavy atom. The first-order chi connectivity index (χ1) is 8.11. The predicted molar refractivity (Wildman–Crippen MR) is 70.0 cm³/mol. The van der Waals surface area contributed by atoms with E-state index in [1.165, 1.54) is 6.20 Å². The largest absolute Gasteiger partial charge is 0.392 e. The highest BCUT2D eigenvalue weighted by atomic mass is 35.5. The Bertz CT molecular complexity index is 558. The Morgan fingerprint density at radius 3 is 2.59 bits per heavy atom. The second-order valence-electron chi connectivity index (χ2n) is 3.56. The SMILES string of the molecule is Nc1ncc(CO)cc1-c1ccc(Cl)c(Cl)c1. The summed E-state index contributed by atoms with van der Waals surface area (Å²) in [5.41, 5.74) is 8.04. The van der Waals surface area contributed by atoms with Crippen LogP contribution in [0.3, 0.4) is 0 Å². The molecule has 0 aliphatic heterocycles. The van der Waals surface area contributed by atoms with Crippen molar-refractivity contribution in [2.75, 3.05) is 5.73 Å². The van der Waals surface area contributed by atoms with Crippen molar-refractivity contribution in [3.05, 3.63) is 46.1 Å². The van der Waals surface area contributed by atoms with Gasteiger partial charge in [-0.25, -0.2) is 4.98 Å². The molecule has 3 N–H and O–H groups in total. The molecule has 0 radical (unpaired) electrons. The maximum Gasteiger partial charge on any atom is 0.131 e. The standard InChI is InChI=1S/C12H10Cl2N2O/c13-10-2-1-8(4-11(10)14)9-3-7(6-17)5-16-12(9)15/h1-5,17H,6H2,(H2,15,16). The zero-order chi connectivity index (χ0) is 12.4. The van der Waals surface area contributed by atoms with Gasteiger partial charge in [-0.3, -0.25) is 0 Å². The number of rotatable bonds is 2.